The maximum Gasteiger partial charge on any atom is 0.410 e. The first-order valence-electron chi connectivity index (χ1n) is 21.6. The molecular weight excluding hydrogens is 771 g/mol. The van der Waals surface area contributed by atoms with Crippen molar-refractivity contribution >= 4 is 11.8 Å². The second kappa shape index (κ2) is 20.9. The lowest BCUT2D eigenvalue weighted by Crippen LogP contribution is -2.69. The van der Waals surface area contributed by atoms with Crippen LogP contribution in [0.2, 0.25) is 0 Å². The first-order chi connectivity index (χ1) is 29.8. The third-order valence-electron chi connectivity index (χ3n) is 12.2. The molecule has 1 amide bonds. The summed E-state index contributed by atoms with van der Waals surface area (Å²) in [4.78, 5) is 26.6. The Kier molecular flexibility index (Phi) is 14.9. The number of aliphatic hydroxyl groups excluding tert-OH is 2. The molecule has 6 unspecified atom stereocenters. The number of carbonyl (C=O) groups is 1. The molecule has 0 radical (unpaired) electrons. The number of nitrogens with zero attached hydrogens (tertiary/aromatic N) is 3. The van der Waals surface area contributed by atoms with E-state index in [0.717, 1.165) is 59.3 Å². The fourth-order valence-electron chi connectivity index (χ4n) is 9.36. The molecule has 0 spiro atoms. The fourth-order valence-corrected chi connectivity index (χ4v) is 9.36. The molecule has 2 aliphatic carbocycles. The Balaban J connectivity index is 1.36. The van der Waals surface area contributed by atoms with Gasteiger partial charge in [-0.1, -0.05) is 96.9 Å². The van der Waals surface area contributed by atoms with Crippen LogP contribution in [0.4, 0.5) is 4.79 Å². The topological polar surface area (TPSA) is 132 Å². The van der Waals surface area contributed by atoms with Crippen molar-refractivity contribution in [3.63, 3.8) is 0 Å². The Morgan fingerprint density at radius 1 is 0.918 bits per heavy atom. The Labute approximate surface area is 359 Å². The minimum Gasteiger partial charge on any atom is -0.487 e. The maximum absolute atomic E-state index is 14.2. The van der Waals surface area contributed by atoms with Crippen LogP contribution in [-0.2, 0) is 34.1 Å². The largest absolute Gasteiger partial charge is 0.487 e. The Bertz CT molecular complexity index is 2130. The number of benzene rings is 3. The average Bonchev–Trinajstić information content (AvgIpc) is 3.28. The monoisotopic (exact) mass is 829 g/mol. The molecule has 1 aliphatic heterocycles. The molecule has 11 nitrogen and oxygen atoms in total. The van der Waals surface area contributed by atoms with Crippen molar-refractivity contribution in [2.75, 3.05) is 26.9 Å². The summed E-state index contributed by atoms with van der Waals surface area (Å²) in [6.45, 7) is 7.02. The molecular formula is C50H59N3O8. The van der Waals surface area contributed by atoms with E-state index in [9.17, 15) is 15.0 Å². The minimum absolute atomic E-state index is 0.0719. The van der Waals surface area contributed by atoms with E-state index in [1.54, 1.807) is 18.0 Å². The van der Waals surface area contributed by atoms with Gasteiger partial charge in [-0.05, 0) is 91.5 Å². The first kappa shape index (κ1) is 43.6. The summed E-state index contributed by atoms with van der Waals surface area (Å²) in [7, 11) is 1.73. The third kappa shape index (κ3) is 10.2. The number of aliphatic hydroxyl groups is 2. The van der Waals surface area contributed by atoms with Crippen LogP contribution in [0.25, 0.3) is 0 Å². The normalized spacial score (nSPS) is 23.2. The van der Waals surface area contributed by atoms with Gasteiger partial charge in [-0.25, -0.2) is 4.79 Å². The summed E-state index contributed by atoms with van der Waals surface area (Å²) in [5, 5.41) is 24.7. The SMILES string of the molecule is C=CCOC12Oc3ccc(OCc4cccc(C)n4)cc3C3C(CCCCO)C(CCCCO)C=C(C(=NOCc4ccccc4)CC1N(C)C(=O)OCc1ccccc1)C32. The number of likely N-dealkylation sites (N-methyl/N-ethyl adjacent to an activating group) is 1. The number of hydrogen-bond donors (Lipinski definition) is 2. The van der Waals surface area contributed by atoms with Crippen LogP contribution in [0.5, 0.6) is 11.5 Å². The van der Waals surface area contributed by atoms with Gasteiger partial charge in [0.2, 0.25) is 5.79 Å². The maximum atomic E-state index is 14.2. The molecule has 1 saturated carbocycles. The number of aromatic nitrogens is 1. The van der Waals surface area contributed by atoms with Crippen molar-refractivity contribution in [1.82, 2.24) is 9.88 Å². The molecule has 1 fully saturated rings. The van der Waals surface area contributed by atoms with Gasteiger partial charge in [0.15, 0.2) is 0 Å². The van der Waals surface area contributed by atoms with Crippen LogP contribution in [0.15, 0.2) is 127 Å². The summed E-state index contributed by atoms with van der Waals surface area (Å²) in [6.07, 6.45) is 8.44. The number of rotatable bonds is 20. The van der Waals surface area contributed by atoms with Crippen molar-refractivity contribution in [3.05, 3.63) is 149 Å². The predicted molar refractivity (Wildman–Crippen MR) is 234 cm³/mol. The van der Waals surface area contributed by atoms with Crippen molar-refractivity contribution in [2.24, 2.45) is 22.9 Å². The number of ether oxygens (including phenoxy) is 4. The van der Waals surface area contributed by atoms with Gasteiger partial charge in [-0.2, -0.15) is 0 Å². The van der Waals surface area contributed by atoms with Crippen LogP contribution in [-0.4, -0.2) is 70.6 Å². The van der Waals surface area contributed by atoms with E-state index in [2.05, 4.69) is 23.7 Å². The van der Waals surface area contributed by atoms with E-state index in [4.69, 9.17) is 28.9 Å². The number of unbranched alkanes of at least 4 members (excludes halogenated alkanes) is 2. The molecule has 322 valence electrons. The Hall–Kier alpha value is -5.49. The molecule has 1 aromatic heterocycles. The van der Waals surface area contributed by atoms with Crippen LogP contribution in [0.1, 0.15) is 78.9 Å². The summed E-state index contributed by atoms with van der Waals surface area (Å²) < 4.78 is 26.7. The molecule has 4 aromatic rings. The highest BCUT2D eigenvalue weighted by atomic mass is 16.7. The van der Waals surface area contributed by atoms with Crippen molar-refractivity contribution in [3.8, 4) is 11.5 Å². The Morgan fingerprint density at radius 3 is 2.34 bits per heavy atom. The van der Waals surface area contributed by atoms with Gasteiger partial charge in [-0.3, -0.25) is 4.98 Å². The Morgan fingerprint density at radius 2 is 1.64 bits per heavy atom. The quantitative estimate of drug-likeness (QED) is 0.0509. The smallest absolute Gasteiger partial charge is 0.410 e. The number of aryl methyl sites for hydroxylation is 1. The number of oxime groups is 1. The van der Waals surface area contributed by atoms with Gasteiger partial charge in [0.25, 0.3) is 0 Å². The van der Waals surface area contributed by atoms with E-state index < -0.39 is 23.8 Å². The lowest BCUT2D eigenvalue weighted by atomic mass is 9.55. The summed E-state index contributed by atoms with van der Waals surface area (Å²) in [6, 6.07) is 30.6. The fraction of sp³-hybridized carbons (Fsp3) is 0.420. The highest BCUT2D eigenvalue weighted by molar-refractivity contribution is 6.03. The molecule has 11 heteroatoms. The molecule has 3 aliphatic rings. The predicted octanol–water partition coefficient (Wildman–Crippen LogP) is 9.07. The molecule has 0 saturated heterocycles. The lowest BCUT2D eigenvalue weighted by molar-refractivity contribution is -0.253. The van der Waals surface area contributed by atoms with E-state index in [1.807, 2.05) is 97.9 Å². The van der Waals surface area contributed by atoms with Gasteiger partial charge >= 0.3 is 6.09 Å². The zero-order valence-corrected chi connectivity index (χ0v) is 35.4. The van der Waals surface area contributed by atoms with Gasteiger partial charge in [-0.15, -0.1) is 6.58 Å². The first-order valence-corrected chi connectivity index (χ1v) is 21.6. The zero-order valence-electron chi connectivity index (χ0n) is 35.4. The second-order valence-corrected chi connectivity index (χ2v) is 16.2. The van der Waals surface area contributed by atoms with Gasteiger partial charge < -0.3 is 38.9 Å². The molecule has 2 heterocycles. The average molecular weight is 830 g/mol. The molecule has 61 heavy (non-hydrogen) atoms. The number of carbonyl (C=O) groups excluding carboxylic acids is 1. The van der Waals surface area contributed by atoms with Gasteiger partial charge in [0.1, 0.15) is 37.4 Å². The molecule has 0 bridgehead atoms. The highest BCUT2D eigenvalue weighted by Gasteiger charge is 2.65. The van der Waals surface area contributed by atoms with Gasteiger partial charge in [0, 0.05) is 43.9 Å². The molecule has 2 N–H and O–H groups in total. The molecule has 3 aromatic carbocycles. The van der Waals surface area contributed by atoms with E-state index in [0.29, 0.717) is 36.7 Å². The van der Waals surface area contributed by atoms with E-state index >= 15 is 0 Å². The third-order valence-corrected chi connectivity index (χ3v) is 12.2. The number of pyridine rings is 1. The van der Waals surface area contributed by atoms with Crippen LogP contribution in [0.3, 0.4) is 0 Å². The van der Waals surface area contributed by atoms with Crippen molar-refractivity contribution in [2.45, 2.75) is 89.4 Å². The van der Waals surface area contributed by atoms with E-state index in [-0.39, 0.29) is 57.2 Å². The number of amides is 1. The molecule has 6 atom stereocenters. The number of hydrogen-bond acceptors (Lipinski definition) is 10. The second-order valence-electron chi connectivity index (χ2n) is 16.2. The zero-order chi connectivity index (χ0) is 42.6. The van der Waals surface area contributed by atoms with Crippen LogP contribution < -0.4 is 9.47 Å². The number of allylic oxidation sites excluding steroid dienone is 1. The summed E-state index contributed by atoms with van der Waals surface area (Å²) >= 11 is 0. The molecule has 7 rings (SSSR count). The van der Waals surface area contributed by atoms with Crippen LogP contribution >= 0.6 is 0 Å². The van der Waals surface area contributed by atoms with Crippen LogP contribution in [0, 0.1) is 24.7 Å². The summed E-state index contributed by atoms with van der Waals surface area (Å²) in [5.74, 6) is -0.549. The summed E-state index contributed by atoms with van der Waals surface area (Å²) in [5.41, 5.74) is 6.24. The minimum atomic E-state index is -1.39. The number of fused-ring (bicyclic) bond motifs is 2. The lowest BCUT2D eigenvalue weighted by Gasteiger charge is -2.59. The van der Waals surface area contributed by atoms with Crippen molar-refractivity contribution < 1.29 is 38.8 Å². The van der Waals surface area contributed by atoms with E-state index in [1.165, 1.54) is 0 Å². The van der Waals surface area contributed by atoms with Crippen molar-refractivity contribution in [1.29, 1.82) is 0 Å². The highest BCUT2D eigenvalue weighted by Crippen LogP contribution is 2.61. The van der Waals surface area contributed by atoms with Gasteiger partial charge in [0.05, 0.1) is 23.9 Å². The standard InChI is InChI=1S/C50H59N3O8/c1-4-28-59-50-46(53(3)49(56)58-32-36-17-7-5-8-18-36)31-44(52-60-33-37-19-9-6-10-20-37)42-29-38(21-11-13-26-54)41(23-12-14-27-55)47(48(42)50)43-30-40(24-25-45(43)61-50)57-34-39-22-15-16-35(2)51-39/h4-10,15-20,22,24-25,29-30,38,41,46-48,54-55H,1,11-14,21,23,26-28,31-34H2,2-3H3.